The van der Waals surface area contributed by atoms with Crippen molar-refractivity contribution >= 4 is 5.97 Å². The highest BCUT2D eigenvalue weighted by Crippen LogP contribution is 2.16. The van der Waals surface area contributed by atoms with Gasteiger partial charge in [-0.2, -0.15) is 0 Å². The van der Waals surface area contributed by atoms with Crippen molar-refractivity contribution in [2.75, 3.05) is 0 Å². The monoisotopic (exact) mass is 230 g/mol. The Morgan fingerprint density at radius 3 is 2.76 bits per heavy atom. The molecule has 0 atom stereocenters. The molecule has 0 aliphatic carbocycles. The molecule has 2 aromatic heterocycles. The molecule has 4 nitrogen and oxygen atoms in total. The lowest BCUT2D eigenvalue weighted by Gasteiger charge is -2.09. The Balaban J connectivity index is 2.37. The van der Waals surface area contributed by atoms with E-state index in [0.717, 1.165) is 17.0 Å². The number of rotatable bonds is 3. The summed E-state index contributed by atoms with van der Waals surface area (Å²) in [7, 11) is 0. The van der Waals surface area contributed by atoms with Crippen molar-refractivity contribution in [3.8, 4) is 0 Å². The minimum absolute atomic E-state index is 0.367. The molecule has 0 spiro atoms. The average Bonchev–Trinajstić information content (AvgIpc) is 2.58. The predicted molar refractivity (Wildman–Crippen MR) is 64.2 cm³/mol. The molecule has 2 aromatic rings. The van der Waals surface area contributed by atoms with E-state index in [-0.39, 0.29) is 0 Å². The van der Waals surface area contributed by atoms with Crippen LogP contribution >= 0.6 is 0 Å². The second kappa shape index (κ2) is 4.41. The molecule has 0 aromatic carbocycles. The van der Waals surface area contributed by atoms with Gasteiger partial charge in [-0.1, -0.05) is 6.07 Å². The van der Waals surface area contributed by atoms with Crippen LogP contribution in [-0.4, -0.2) is 20.6 Å². The Kier molecular flexibility index (Phi) is 2.95. The zero-order chi connectivity index (χ0) is 12.4. The lowest BCUT2D eigenvalue weighted by atomic mass is 10.2. The summed E-state index contributed by atoms with van der Waals surface area (Å²) in [5.74, 6) is -0.879. The number of carboxylic acids is 1. The lowest BCUT2D eigenvalue weighted by molar-refractivity contribution is 0.0696. The molecular formula is C13H14N2O2. The van der Waals surface area contributed by atoms with E-state index in [4.69, 9.17) is 5.11 Å². The Morgan fingerprint density at radius 2 is 2.24 bits per heavy atom. The van der Waals surface area contributed by atoms with Crippen LogP contribution in [0.25, 0.3) is 0 Å². The second-order valence-corrected chi connectivity index (χ2v) is 4.04. The third kappa shape index (κ3) is 2.20. The fourth-order valence-corrected chi connectivity index (χ4v) is 1.94. The molecule has 0 saturated carbocycles. The fraction of sp³-hybridized carbons (Fsp3) is 0.231. The summed E-state index contributed by atoms with van der Waals surface area (Å²) in [6.45, 7) is 4.39. The minimum Gasteiger partial charge on any atom is -0.478 e. The standard InChI is InChI=1S/C13H14N2O2/c1-9-6-12(13(16)17)10(2)15(9)8-11-4-3-5-14-7-11/h3-7H,8H2,1-2H3,(H,16,17). The first-order valence-corrected chi connectivity index (χ1v) is 5.38. The number of hydrogen-bond acceptors (Lipinski definition) is 2. The average molecular weight is 230 g/mol. The first-order valence-electron chi connectivity index (χ1n) is 5.38. The SMILES string of the molecule is Cc1cc(C(=O)O)c(C)n1Cc1cccnc1. The summed E-state index contributed by atoms with van der Waals surface area (Å²) in [5, 5.41) is 9.04. The Morgan fingerprint density at radius 1 is 1.47 bits per heavy atom. The summed E-state index contributed by atoms with van der Waals surface area (Å²) >= 11 is 0. The van der Waals surface area contributed by atoms with Crippen LogP contribution in [0.2, 0.25) is 0 Å². The van der Waals surface area contributed by atoms with E-state index in [9.17, 15) is 4.79 Å². The van der Waals surface area contributed by atoms with E-state index in [1.165, 1.54) is 0 Å². The first-order chi connectivity index (χ1) is 8.09. The molecule has 0 amide bonds. The van der Waals surface area contributed by atoms with Gasteiger partial charge < -0.3 is 9.67 Å². The molecule has 4 heteroatoms. The van der Waals surface area contributed by atoms with Gasteiger partial charge in [-0.3, -0.25) is 4.98 Å². The van der Waals surface area contributed by atoms with Gasteiger partial charge in [0.1, 0.15) is 0 Å². The maximum atomic E-state index is 11.0. The number of hydrogen-bond donors (Lipinski definition) is 1. The van der Waals surface area contributed by atoms with Gasteiger partial charge in [0.25, 0.3) is 0 Å². The van der Waals surface area contributed by atoms with E-state index in [2.05, 4.69) is 4.98 Å². The molecule has 0 aliphatic rings. The zero-order valence-corrected chi connectivity index (χ0v) is 9.84. The molecule has 0 bridgehead atoms. The number of carbonyl (C=O) groups is 1. The van der Waals surface area contributed by atoms with Gasteiger partial charge in [0.15, 0.2) is 0 Å². The van der Waals surface area contributed by atoms with E-state index in [0.29, 0.717) is 12.1 Å². The molecule has 2 rings (SSSR count). The number of pyridine rings is 1. The fourth-order valence-electron chi connectivity index (χ4n) is 1.94. The van der Waals surface area contributed by atoms with Crippen molar-refractivity contribution in [1.29, 1.82) is 0 Å². The lowest BCUT2D eigenvalue weighted by Crippen LogP contribution is -2.06. The van der Waals surface area contributed by atoms with Crippen LogP contribution in [0.5, 0.6) is 0 Å². The van der Waals surface area contributed by atoms with Gasteiger partial charge >= 0.3 is 5.97 Å². The van der Waals surface area contributed by atoms with Crippen molar-refractivity contribution < 1.29 is 9.90 Å². The Hall–Kier alpha value is -2.10. The van der Waals surface area contributed by atoms with Crippen molar-refractivity contribution in [2.24, 2.45) is 0 Å². The van der Waals surface area contributed by atoms with E-state index in [1.54, 1.807) is 18.5 Å². The summed E-state index contributed by atoms with van der Waals surface area (Å²) in [6, 6.07) is 5.56. The smallest absolute Gasteiger partial charge is 0.337 e. The predicted octanol–water partition coefficient (Wildman–Crippen LogP) is 2.25. The summed E-state index contributed by atoms with van der Waals surface area (Å²) in [4.78, 5) is 15.1. The number of aryl methyl sites for hydroxylation is 1. The number of aromatic nitrogens is 2. The van der Waals surface area contributed by atoms with Crippen molar-refractivity contribution in [2.45, 2.75) is 20.4 Å². The van der Waals surface area contributed by atoms with Gasteiger partial charge in [0.2, 0.25) is 0 Å². The molecule has 2 heterocycles. The molecule has 88 valence electrons. The van der Waals surface area contributed by atoms with Gasteiger partial charge in [0, 0.05) is 30.3 Å². The molecule has 1 N–H and O–H groups in total. The maximum Gasteiger partial charge on any atom is 0.337 e. The minimum atomic E-state index is -0.879. The first kappa shape index (κ1) is 11.4. The second-order valence-electron chi connectivity index (χ2n) is 4.04. The van der Waals surface area contributed by atoms with Crippen LogP contribution in [0.4, 0.5) is 0 Å². The maximum absolute atomic E-state index is 11.0. The van der Waals surface area contributed by atoms with E-state index < -0.39 is 5.97 Å². The molecule has 0 fully saturated rings. The highest BCUT2D eigenvalue weighted by molar-refractivity contribution is 5.89. The number of carboxylic acid groups (broad SMARTS) is 1. The molecule has 0 saturated heterocycles. The van der Waals surface area contributed by atoms with Crippen molar-refractivity contribution in [3.05, 3.63) is 53.1 Å². The van der Waals surface area contributed by atoms with Gasteiger partial charge in [-0.15, -0.1) is 0 Å². The van der Waals surface area contributed by atoms with Crippen LogP contribution in [0.1, 0.15) is 27.3 Å². The van der Waals surface area contributed by atoms with Crippen LogP contribution in [0, 0.1) is 13.8 Å². The van der Waals surface area contributed by atoms with E-state index in [1.807, 2.05) is 30.5 Å². The van der Waals surface area contributed by atoms with Crippen LogP contribution in [-0.2, 0) is 6.54 Å². The summed E-state index contributed by atoms with van der Waals surface area (Å²) in [5.41, 5.74) is 3.15. The van der Waals surface area contributed by atoms with Crippen molar-refractivity contribution in [1.82, 2.24) is 9.55 Å². The molecule has 0 unspecified atom stereocenters. The topological polar surface area (TPSA) is 55.1 Å². The normalized spacial score (nSPS) is 10.5. The molecule has 0 radical (unpaired) electrons. The summed E-state index contributed by atoms with van der Waals surface area (Å²) < 4.78 is 1.99. The highest BCUT2D eigenvalue weighted by atomic mass is 16.4. The third-order valence-electron chi connectivity index (χ3n) is 2.87. The Labute approximate surface area is 99.5 Å². The van der Waals surface area contributed by atoms with Crippen LogP contribution < -0.4 is 0 Å². The van der Waals surface area contributed by atoms with Gasteiger partial charge in [-0.05, 0) is 31.5 Å². The third-order valence-corrected chi connectivity index (χ3v) is 2.87. The molecule has 17 heavy (non-hydrogen) atoms. The van der Waals surface area contributed by atoms with E-state index >= 15 is 0 Å². The number of aromatic carboxylic acids is 1. The largest absolute Gasteiger partial charge is 0.478 e. The highest BCUT2D eigenvalue weighted by Gasteiger charge is 2.14. The van der Waals surface area contributed by atoms with Crippen molar-refractivity contribution in [3.63, 3.8) is 0 Å². The van der Waals surface area contributed by atoms with Gasteiger partial charge in [0.05, 0.1) is 5.56 Å². The van der Waals surface area contributed by atoms with Crippen LogP contribution in [0.3, 0.4) is 0 Å². The molecular weight excluding hydrogens is 216 g/mol. The van der Waals surface area contributed by atoms with Crippen LogP contribution in [0.15, 0.2) is 30.6 Å². The molecule has 0 aliphatic heterocycles. The number of nitrogens with zero attached hydrogens (tertiary/aromatic N) is 2. The zero-order valence-electron chi connectivity index (χ0n) is 9.84. The quantitative estimate of drug-likeness (QED) is 0.879. The van der Waals surface area contributed by atoms with Gasteiger partial charge in [-0.25, -0.2) is 4.79 Å². The summed E-state index contributed by atoms with van der Waals surface area (Å²) in [6.07, 6.45) is 3.51. The Bertz CT molecular complexity index is 544.